The van der Waals surface area contributed by atoms with E-state index in [1.807, 2.05) is 55.5 Å². The fraction of sp³-hybridized carbons (Fsp3) is 0.263. The van der Waals surface area contributed by atoms with E-state index in [2.05, 4.69) is 10.6 Å². The van der Waals surface area contributed by atoms with Gasteiger partial charge in [-0.15, -0.1) is 0 Å². The zero-order valence-corrected chi connectivity index (χ0v) is 14.1. The third kappa shape index (κ3) is 4.84. The molecule has 0 fully saturated rings. The number of nitrogens with one attached hydrogen (secondary N) is 2. The van der Waals surface area contributed by atoms with Crippen LogP contribution in [0.15, 0.2) is 48.5 Å². The fourth-order valence-corrected chi connectivity index (χ4v) is 2.49. The molecule has 0 bridgehead atoms. The van der Waals surface area contributed by atoms with Crippen LogP contribution in [-0.2, 0) is 9.59 Å². The lowest BCUT2D eigenvalue weighted by Gasteiger charge is -2.18. The van der Waals surface area contributed by atoms with Gasteiger partial charge in [-0.2, -0.15) is 0 Å². The zero-order valence-electron chi connectivity index (χ0n) is 14.1. The summed E-state index contributed by atoms with van der Waals surface area (Å²) in [5, 5.41) is 5.68. The van der Waals surface area contributed by atoms with Gasteiger partial charge in [0, 0.05) is 6.92 Å². The first-order chi connectivity index (χ1) is 11.5. The van der Waals surface area contributed by atoms with Crippen LogP contribution in [0, 0.1) is 6.92 Å². The Labute approximate surface area is 142 Å². The summed E-state index contributed by atoms with van der Waals surface area (Å²) in [6, 6.07) is 14.6. The molecular formula is C19H22N2O3. The lowest BCUT2D eigenvalue weighted by Crippen LogP contribution is -2.29. The van der Waals surface area contributed by atoms with Gasteiger partial charge in [0.1, 0.15) is 5.75 Å². The lowest BCUT2D eigenvalue weighted by atomic mass is 10.0. The second kappa shape index (κ2) is 8.15. The highest BCUT2D eigenvalue weighted by Crippen LogP contribution is 2.26. The van der Waals surface area contributed by atoms with E-state index in [0.29, 0.717) is 11.4 Å². The lowest BCUT2D eigenvalue weighted by molar-refractivity contribution is -0.120. The molecule has 2 aromatic carbocycles. The Morgan fingerprint density at radius 2 is 1.83 bits per heavy atom. The summed E-state index contributed by atoms with van der Waals surface area (Å²) in [4.78, 5) is 23.9. The van der Waals surface area contributed by atoms with Crippen molar-refractivity contribution in [3.05, 3.63) is 59.7 Å². The van der Waals surface area contributed by atoms with Crippen LogP contribution in [0.2, 0.25) is 0 Å². The molecule has 1 atom stereocenters. The van der Waals surface area contributed by atoms with Crippen LogP contribution in [0.4, 0.5) is 5.69 Å². The van der Waals surface area contributed by atoms with Gasteiger partial charge in [0.15, 0.2) is 0 Å². The fourth-order valence-electron chi connectivity index (χ4n) is 2.49. The van der Waals surface area contributed by atoms with Gasteiger partial charge >= 0.3 is 0 Å². The number of anilines is 1. The number of carbonyl (C=O) groups is 2. The highest BCUT2D eigenvalue weighted by molar-refractivity contribution is 5.93. The number of ether oxygens (including phenoxy) is 1. The predicted molar refractivity (Wildman–Crippen MR) is 94.0 cm³/mol. The van der Waals surface area contributed by atoms with E-state index in [1.54, 1.807) is 7.11 Å². The molecular weight excluding hydrogens is 304 g/mol. The zero-order chi connectivity index (χ0) is 17.5. The minimum Gasteiger partial charge on any atom is -0.495 e. The Bertz CT molecular complexity index is 714. The summed E-state index contributed by atoms with van der Waals surface area (Å²) >= 11 is 0. The van der Waals surface area contributed by atoms with Crippen molar-refractivity contribution in [3.8, 4) is 5.75 Å². The molecule has 2 aromatic rings. The number of amides is 2. The highest BCUT2D eigenvalue weighted by Gasteiger charge is 2.18. The monoisotopic (exact) mass is 326 g/mol. The molecule has 2 amide bonds. The summed E-state index contributed by atoms with van der Waals surface area (Å²) < 4.78 is 5.27. The summed E-state index contributed by atoms with van der Waals surface area (Å²) in [6.45, 7) is 3.39. The molecule has 0 unspecified atom stereocenters. The quantitative estimate of drug-likeness (QED) is 0.856. The molecule has 24 heavy (non-hydrogen) atoms. The molecule has 0 aliphatic heterocycles. The first-order valence-electron chi connectivity index (χ1n) is 7.76. The molecule has 0 radical (unpaired) electrons. The van der Waals surface area contributed by atoms with E-state index >= 15 is 0 Å². The molecule has 2 N–H and O–H groups in total. The largest absolute Gasteiger partial charge is 0.495 e. The first-order valence-corrected chi connectivity index (χ1v) is 7.76. The summed E-state index contributed by atoms with van der Waals surface area (Å²) in [7, 11) is 1.56. The van der Waals surface area contributed by atoms with Gasteiger partial charge in [0.25, 0.3) is 0 Å². The van der Waals surface area contributed by atoms with Gasteiger partial charge in [-0.25, -0.2) is 0 Å². The van der Waals surface area contributed by atoms with Crippen LogP contribution >= 0.6 is 0 Å². The smallest absolute Gasteiger partial charge is 0.226 e. The van der Waals surface area contributed by atoms with Crippen LogP contribution in [0.5, 0.6) is 5.75 Å². The van der Waals surface area contributed by atoms with Gasteiger partial charge in [0.2, 0.25) is 11.8 Å². The number of rotatable bonds is 6. The third-order valence-electron chi connectivity index (χ3n) is 3.60. The topological polar surface area (TPSA) is 67.4 Å². The van der Waals surface area contributed by atoms with Gasteiger partial charge in [-0.05, 0) is 30.2 Å². The number of carbonyl (C=O) groups excluding carboxylic acids is 2. The van der Waals surface area contributed by atoms with Crippen LogP contribution in [0.25, 0.3) is 0 Å². The highest BCUT2D eigenvalue weighted by atomic mass is 16.5. The number of hydrogen-bond acceptors (Lipinski definition) is 3. The van der Waals surface area contributed by atoms with E-state index in [9.17, 15) is 9.59 Å². The van der Waals surface area contributed by atoms with Crippen molar-refractivity contribution in [2.24, 2.45) is 0 Å². The minimum atomic E-state index is -0.375. The number of methoxy groups -OCH3 is 1. The maximum absolute atomic E-state index is 12.4. The average Bonchev–Trinajstić information content (AvgIpc) is 2.55. The van der Waals surface area contributed by atoms with Crippen LogP contribution in [-0.4, -0.2) is 18.9 Å². The van der Waals surface area contributed by atoms with E-state index in [1.165, 1.54) is 6.92 Å². The van der Waals surface area contributed by atoms with Crippen molar-refractivity contribution in [2.75, 3.05) is 12.4 Å². The molecule has 0 saturated carbocycles. The molecule has 0 spiro atoms. The van der Waals surface area contributed by atoms with Gasteiger partial charge in [-0.3, -0.25) is 9.59 Å². The molecule has 0 aromatic heterocycles. The van der Waals surface area contributed by atoms with Gasteiger partial charge in [-0.1, -0.05) is 36.4 Å². The molecule has 5 heteroatoms. The van der Waals surface area contributed by atoms with Crippen LogP contribution < -0.4 is 15.4 Å². The number of hydrogen-bond donors (Lipinski definition) is 2. The van der Waals surface area contributed by atoms with Crippen LogP contribution in [0.1, 0.15) is 30.5 Å². The first kappa shape index (κ1) is 17.5. The number of aryl methyl sites for hydroxylation is 1. The normalized spacial score (nSPS) is 11.5. The molecule has 0 saturated heterocycles. The Hall–Kier alpha value is -2.82. The third-order valence-corrected chi connectivity index (χ3v) is 3.60. The molecule has 0 heterocycles. The Balaban J connectivity index is 2.13. The van der Waals surface area contributed by atoms with E-state index in [4.69, 9.17) is 4.74 Å². The molecule has 0 aliphatic rings. The summed E-state index contributed by atoms with van der Waals surface area (Å²) in [6.07, 6.45) is 0.140. The standard InChI is InChI=1S/C19H22N2O3/c1-13-9-10-18(24-3)17(11-13)21-19(23)12-16(20-14(2)22)15-7-5-4-6-8-15/h4-11,16H,12H2,1-3H3,(H,20,22)(H,21,23)/t16-/m0/s1. The SMILES string of the molecule is COc1ccc(C)cc1NC(=O)C[C@H](NC(C)=O)c1ccccc1. The second-order valence-electron chi connectivity index (χ2n) is 5.62. The predicted octanol–water partition coefficient (Wildman–Crippen LogP) is 3.21. The number of benzene rings is 2. The maximum atomic E-state index is 12.4. The molecule has 0 aliphatic carbocycles. The van der Waals surface area contributed by atoms with Crippen molar-refractivity contribution in [1.82, 2.24) is 5.32 Å². The van der Waals surface area contributed by atoms with Crippen molar-refractivity contribution in [1.29, 1.82) is 0 Å². The molecule has 126 valence electrons. The van der Waals surface area contributed by atoms with Crippen LogP contribution in [0.3, 0.4) is 0 Å². The Morgan fingerprint density at radius 3 is 2.46 bits per heavy atom. The summed E-state index contributed by atoms with van der Waals surface area (Å²) in [5.41, 5.74) is 2.53. The molecule has 2 rings (SSSR count). The Kier molecular flexibility index (Phi) is 5.95. The van der Waals surface area contributed by atoms with Crippen molar-refractivity contribution in [3.63, 3.8) is 0 Å². The Morgan fingerprint density at radius 1 is 1.12 bits per heavy atom. The van der Waals surface area contributed by atoms with Crippen molar-refractivity contribution >= 4 is 17.5 Å². The maximum Gasteiger partial charge on any atom is 0.226 e. The van der Waals surface area contributed by atoms with Crippen molar-refractivity contribution < 1.29 is 14.3 Å². The van der Waals surface area contributed by atoms with E-state index in [-0.39, 0.29) is 24.3 Å². The second-order valence-corrected chi connectivity index (χ2v) is 5.62. The van der Waals surface area contributed by atoms with E-state index in [0.717, 1.165) is 11.1 Å². The molecule has 5 nitrogen and oxygen atoms in total. The van der Waals surface area contributed by atoms with E-state index < -0.39 is 0 Å². The minimum absolute atomic E-state index is 0.140. The summed E-state index contributed by atoms with van der Waals surface area (Å²) in [5.74, 6) is 0.232. The van der Waals surface area contributed by atoms with Gasteiger partial charge < -0.3 is 15.4 Å². The van der Waals surface area contributed by atoms with Crippen molar-refractivity contribution in [2.45, 2.75) is 26.3 Å². The van der Waals surface area contributed by atoms with Gasteiger partial charge in [0.05, 0.1) is 25.3 Å². The average molecular weight is 326 g/mol.